The second-order valence-corrected chi connectivity index (χ2v) is 8.36. The summed E-state index contributed by atoms with van der Waals surface area (Å²) in [6.45, 7) is 3.34. The molecule has 0 atom stereocenters. The van der Waals surface area contributed by atoms with Gasteiger partial charge in [-0.25, -0.2) is 13.8 Å². The summed E-state index contributed by atoms with van der Waals surface area (Å²) in [5, 5.41) is 3.81. The maximum absolute atomic E-state index is 12.2. The number of carbonyl (C=O) groups is 1. The maximum Gasteiger partial charge on any atom is 0.260 e. The number of carbonyl (C=O) groups excluding carboxylic acids is 1. The largest absolute Gasteiger partial charge is 0.459 e. The summed E-state index contributed by atoms with van der Waals surface area (Å²) in [7, 11) is -3.63. The summed E-state index contributed by atoms with van der Waals surface area (Å²) in [5.74, 6) is 0.600. The summed E-state index contributed by atoms with van der Waals surface area (Å²) in [4.78, 5) is 12.2. The summed E-state index contributed by atoms with van der Waals surface area (Å²) in [6.07, 6.45) is 3.06. The molecule has 1 aromatic carbocycles. The number of anilines is 1. The van der Waals surface area contributed by atoms with Gasteiger partial charge in [0, 0.05) is 6.07 Å². The van der Waals surface area contributed by atoms with Crippen molar-refractivity contribution in [2.75, 3.05) is 17.1 Å². The first kappa shape index (κ1) is 20.2. The molecule has 0 aliphatic carbocycles. The third kappa shape index (κ3) is 5.18. The molecule has 26 heavy (non-hydrogen) atoms. The van der Waals surface area contributed by atoms with Crippen LogP contribution in [0.3, 0.4) is 0 Å². The lowest BCUT2D eigenvalue weighted by Crippen LogP contribution is -2.39. The molecule has 0 fully saturated rings. The third-order valence-corrected chi connectivity index (χ3v) is 5.50. The molecule has 140 valence electrons. The fourth-order valence-electron chi connectivity index (χ4n) is 2.31. The average Bonchev–Trinajstić information content (AvgIpc) is 2.89. The molecule has 0 saturated carbocycles. The van der Waals surface area contributed by atoms with Gasteiger partial charge in [-0.1, -0.05) is 25.1 Å². The number of furan rings is 1. The van der Waals surface area contributed by atoms with Crippen molar-refractivity contribution in [2.45, 2.75) is 20.3 Å². The summed E-state index contributed by atoms with van der Waals surface area (Å²) >= 11 is 3.31. The van der Waals surface area contributed by atoms with E-state index < -0.39 is 15.9 Å². The number of amides is 1. The van der Waals surface area contributed by atoms with Crippen LogP contribution >= 0.6 is 15.9 Å². The molecule has 9 heteroatoms. The van der Waals surface area contributed by atoms with E-state index in [9.17, 15) is 13.2 Å². The maximum atomic E-state index is 12.2. The van der Waals surface area contributed by atoms with Gasteiger partial charge in [-0.3, -0.25) is 9.10 Å². The van der Waals surface area contributed by atoms with Gasteiger partial charge < -0.3 is 4.42 Å². The normalized spacial score (nSPS) is 11.7. The molecule has 0 radical (unpaired) electrons. The molecule has 0 aliphatic rings. The van der Waals surface area contributed by atoms with E-state index in [4.69, 9.17) is 4.42 Å². The first-order valence-electron chi connectivity index (χ1n) is 7.85. The minimum absolute atomic E-state index is 0.367. The van der Waals surface area contributed by atoms with Crippen LogP contribution < -0.4 is 9.73 Å². The average molecular weight is 442 g/mol. The molecule has 2 aromatic rings. The van der Waals surface area contributed by atoms with Crippen LogP contribution in [-0.2, 0) is 21.2 Å². The fraction of sp³-hybridized carbons (Fsp3) is 0.294. The monoisotopic (exact) mass is 441 g/mol. The molecule has 0 bridgehead atoms. The molecule has 0 spiro atoms. The van der Waals surface area contributed by atoms with Gasteiger partial charge in [-0.15, -0.1) is 0 Å². The van der Waals surface area contributed by atoms with Crippen LogP contribution in [0.5, 0.6) is 0 Å². The molecular weight excluding hydrogens is 422 g/mol. The van der Waals surface area contributed by atoms with Crippen molar-refractivity contribution in [3.63, 3.8) is 0 Å². The number of benzene rings is 1. The van der Waals surface area contributed by atoms with Gasteiger partial charge in [0.2, 0.25) is 10.0 Å². The molecular formula is C17H20BrN3O4S. The Morgan fingerprint density at radius 2 is 2.08 bits per heavy atom. The molecule has 1 aromatic heterocycles. The topological polar surface area (TPSA) is 92.0 Å². The van der Waals surface area contributed by atoms with Gasteiger partial charge in [0.15, 0.2) is 0 Å². The van der Waals surface area contributed by atoms with Crippen molar-refractivity contribution in [1.29, 1.82) is 0 Å². The Kier molecular flexibility index (Phi) is 6.60. The number of hydrogen-bond acceptors (Lipinski definition) is 5. The van der Waals surface area contributed by atoms with Crippen LogP contribution in [0.15, 0.2) is 44.3 Å². The van der Waals surface area contributed by atoms with E-state index in [1.807, 2.05) is 19.1 Å². The second-order valence-electron chi connectivity index (χ2n) is 5.60. The highest BCUT2D eigenvalue weighted by molar-refractivity contribution is 9.10. The molecule has 0 unspecified atom stereocenters. The van der Waals surface area contributed by atoms with Crippen LogP contribution in [0.2, 0.25) is 0 Å². The molecule has 1 amide bonds. The number of hydrogen-bond donors (Lipinski definition) is 1. The molecule has 1 heterocycles. The van der Waals surface area contributed by atoms with E-state index in [-0.39, 0.29) is 6.54 Å². The highest BCUT2D eigenvalue weighted by Gasteiger charge is 2.22. The lowest BCUT2D eigenvalue weighted by molar-refractivity contribution is -0.119. The molecule has 0 saturated heterocycles. The van der Waals surface area contributed by atoms with Gasteiger partial charge >= 0.3 is 0 Å². The van der Waals surface area contributed by atoms with Crippen LogP contribution in [0, 0.1) is 6.92 Å². The zero-order chi connectivity index (χ0) is 19.3. The van der Waals surface area contributed by atoms with Gasteiger partial charge in [-0.05, 0) is 40.9 Å². The van der Waals surface area contributed by atoms with E-state index in [2.05, 4.69) is 26.5 Å². The van der Waals surface area contributed by atoms with Crippen LogP contribution in [0.25, 0.3) is 0 Å². The molecule has 7 nitrogen and oxygen atoms in total. The fourth-order valence-corrected chi connectivity index (χ4v) is 3.51. The molecule has 2 rings (SSSR count). The first-order chi connectivity index (χ1) is 12.2. The standard InChI is InChI=1S/C17H20BrN3O4S/c1-4-13-7-5-6-8-16(13)21(26(3,23)24)11-17(22)20-19-10-14-9-15(18)12(2)25-14/h5-10H,4,11H2,1-3H3,(H,20,22)/b19-10-. The number of nitrogens with one attached hydrogen (secondary N) is 1. The van der Waals surface area contributed by atoms with E-state index in [1.165, 1.54) is 6.21 Å². The number of para-hydroxylation sites is 1. The summed E-state index contributed by atoms with van der Waals surface area (Å²) in [5.41, 5.74) is 3.65. The third-order valence-electron chi connectivity index (χ3n) is 3.59. The predicted octanol–water partition coefficient (Wildman–Crippen LogP) is 2.83. The minimum atomic E-state index is -3.63. The van der Waals surface area contributed by atoms with Crippen molar-refractivity contribution in [2.24, 2.45) is 5.10 Å². The Hall–Kier alpha value is -2.13. The van der Waals surface area contributed by atoms with Crippen molar-refractivity contribution >= 4 is 43.8 Å². The minimum Gasteiger partial charge on any atom is -0.459 e. The van der Waals surface area contributed by atoms with E-state index >= 15 is 0 Å². The summed E-state index contributed by atoms with van der Waals surface area (Å²) in [6, 6.07) is 8.79. The Balaban J connectivity index is 2.12. The van der Waals surface area contributed by atoms with Crippen molar-refractivity contribution in [3.8, 4) is 0 Å². The van der Waals surface area contributed by atoms with Gasteiger partial charge in [-0.2, -0.15) is 5.10 Å². The number of halogens is 1. The highest BCUT2D eigenvalue weighted by atomic mass is 79.9. The number of sulfonamides is 1. The van der Waals surface area contributed by atoms with Crippen molar-refractivity contribution in [3.05, 3.63) is 51.9 Å². The lowest BCUT2D eigenvalue weighted by Gasteiger charge is -2.23. The Bertz CT molecular complexity index is 902. The van der Waals surface area contributed by atoms with Gasteiger partial charge in [0.1, 0.15) is 18.1 Å². The number of aryl methyl sites for hydroxylation is 2. The van der Waals surface area contributed by atoms with E-state index in [0.717, 1.165) is 20.6 Å². The van der Waals surface area contributed by atoms with E-state index in [0.29, 0.717) is 23.6 Å². The van der Waals surface area contributed by atoms with Gasteiger partial charge in [0.25, 0.3) is 5.91 Å². The van der Waals surface area contributed by atoms with Crippen LogP contribution in [0.4, 0.5) is 5.69 Å². The Morgan fingerprint density at radius 1 is 1.38 bits per heavy atom. The lowest BCUT2D eigenvalue weighted by atomic mass is 10.1. The molecule has 1 N–H and O–H groups in total. The first-order valence-corrected chi connectivity index (χ1v) is 10.5. The van der Waals surface area contributed by atoms with E-state index in [1.54, 1.807) is 25.1 Å². The van der Waals surface area contributed by atoms with Crippen LogP contribution in [-0.4, -0.2) is 33.3 Å². The summed E-state index contributed by atoms with van der Waals surface area (Å²) < 4.78 is 31.6. The number of rotatable bonds is 7. The smallest absolute Gasteiger partial charge is 0.260 e. The van der Waals surface area contributed by atoms with Crippen molar-refractivity contribution < 1.29 is 17.6 Å². The number of nitrogens with zero attached hydrogens (tertiary/aromatic N) is 2. The van der Waals surface area contributed by atoms with Crippen molar-refractivity contribution in [1.82, 2.24) is 5.43 Å². The Morgan fingerprint density at radius 3 is 2.65 bits per heavy atom. The number of hydrazone groups is 1. The zero-order valence-corrected chi connectivity index (χ0v) is 17.1. The quantitative estimate of drug-likeness (QED) is 0.527. The predicted molar refractivity (Wildman–Crippen MR) is 105 cm³/mol. The molecule has 0 aliphatic heterocycles. The highest BCUT2D eigenvalue weighted by Crippen LogP contribution is 2.23. The Labute approximate surface area is 161 Å². The SMILES string of the molecule is CCc1ccccc1N(CC(=O)N/N=C\c1cc(Br)c(C)o1)S(C)(=O)=O. The van der Waals surface area contributed by atoms with Crippen LogP contribution in [0.1, 0.15) is 24.0 Å². The zero-order valence-electron chi connectivity index (χ0n) is 14.7. The van der Waals surface area contributed by atoms with Gasteiger partial charge in [0.05, 0.1) is 22.6 Å². The second kappa shape index (κ2) is 8.50.